The van der Waals surface area contributed by atoms with Crippen LogP contribution in [0.25, 0.3) is 0 Å². The molecule has 0 unspecified atom stereocenters. The van der Waals surface area contributed by atoms with Crippen molar-refractivity contribution in [1.82, 2.24) is 5.32 Å². The minimum Gasteiger partial charge on any atom is -0.370 e. The highest BCUT2D eigenvalue weighted by atomic mass is 35.5. The van der Waals surface area contributed by atoms with Crippen molar-refractivity contribution in [1.29, 1.82) is 0 Å². The van der Waals surface area contributed by atoms with Crippen LogP contribution in [0.1, 0.15) is 9.67 Å². The highest BCUT2D eigenvalue weighted by Crippen LogP contribution is 2.23. The predicted octanol–water partition coefficient (Wildman–Crippen LogP) is 2.77. The molecule has 0 bridgehead atoms. The lowest BCUT2D eigenvalue weighted by Gasteiger charge is -2.27. The zero-order chi connectivity index (χ0) is 21.0. The topological polar surface area (TPSA) is 87.7 Å². The lowest BCUT2D eigenvalue weighted by Crippen LogP contribution is -2.45. The van der Waals surface area contributed by atoms with E-state index in [4.69, 9.17) is 16.3 Å². The maximum absolute atomic E-state index is 14.1. The summed E-state index contributed by atoms with van der Waals surface area (Å²) in [6.07, 6.45) is 0. The number of amides is 3. The van der Waals surface area contributed by atoms with E-state index in [1.54, 1.807) is 12.1 Å². The normalized spacial score (nSPS) is 14.6. The molecule has 3 rings (SSSR count). The van der Waals surface area contributed by atoms with Gasteiger partial charge in [-0.2, -0.15) is 8.78 Å². The molecule has 154 valence electrons. The Hall–Kier alpha value is -2.56. The summed E-state index contributed by atoms with van der Waals surface area (Å²) in [6.45, 7) is -0.390. The Morgan fingerprint density at radius 2 is 1.93 bits per heavy atom. The Labute approximate surface area is 173 Å². The zero-order valence-electron chi connectivity index (χ0n) is 14.9. The van der Waals surface area contributed by atoms with Gasteiger partial charge in [0.25, 0.3) is 17.7 Å². The van der Waals surface area contributed by atoms with Gasteiger partial charge in [-0.25, -0.2) is 0 Å². The van der Waals surface area contributed by atoms with E-state index in [9.17, 15) is 23.2 Å². The molecule has 1 aliphatic rings. The van der Waals surface area contributed by atoms with E-state index in [-0.39, 0.29) is 23.1 Å². The van der Waals surface area contributed by atoms with Crippen LogP contribution in [0, 0.1) is 0 Å². The highest BCUT2D eigenvalue weighted by Gasteiger charge is 2.39. The number of thiophene rings is 1. The van der Waals surface area contributed by atoms with E-state index in [0.717, 1.165) is 11.3 Å². The van der Waals surface area contributed by atoms with E-state index in [1.165, 1.54) is 29.2 Å². The van der Waals surface area contributed by atoms with Gasteiger partial charge >= 0.3 is 5.92 Å². The summed E-state index contributed by atoms with van der Waals surface area (Å²) in [5, 5.41) is 4.13. The molecule has 7 nitrogen and oxygen atoms in total. The number of nitrogens with one attached hydrogen (secondary N) is 2. The van der Waals surface area contributed by atoms with Gasteiger partial charge in [-0.1, -0.05) is 11.6 Å². The third kappa shape index (κ3) is 5.28. The molecule has 1 fully saturated rings. The number of carbonyl (C=O) groups is 3. The number of ether oxygens (including phenoxy) is 1. The summed E-state index contributed by atoms with van der Waals surface area (Å²) in [7, 11) is 0. The van der Waals surface area contributed by atoms with Gasteiger partial charge in [-0.05, 0) is 36.4 Å². The van der Waals surface area contributed by atoms with Gasteiger partial charge in [-0.3, -0.25) is 14.4 Å². The van der Waals surface area contributed by atoms with Gasteiger partial charge in [0.2, 0.25) is 0 Å². The summed E-state index contributed by atoms with van der Waals surface area (Å²) < 4.78 is 33.6. The Morgan fingerprint density at radius 3 is 2.55 bits per heavy atom. The number of carbonyl (C=O) groups excluding carboxylic acids is 3. The lowest BCUT2D eigenvalue weighted by atomic mass is 10.2. The average Bonchev–Trinajstić information content (AvgIpc) is 3.14. The predicted molar refractivity (Wildman–Crippen MR) is 105 cm³/mol. The molecule has 11 heteroatoms. The molecule has 0 aliphatic carbocycles. The molecule has 1 aliphatic heterocycles. The maximum atomic E-state index is 14.1. The number of alkyl halides is 2. The Bertz CT molecular complexity index is 920. The summed E-state index contributed by atoms with van der Waals surface area (Å²) in [4.78, 5) is 37.2. The third-order valence-electron chi connectivity index (χ3n) is 4.02. The molecule has 1 aromatic carbocycles. The summed E-state index contributed by atoms with van der Waals surface area (Å²) in [5.41, 5.74) is 0.709. The van der Waals surface area contributed by atoms with Gasteiger partial charge in [0.05, 0.1) is 22.4 Å². The van der Waals surface area contributed by atoms with Crippen molar-refractivity contribution in [2.45, 2.75) is 5.92 Å². The van der Waals surface area contributed by atoms with Crippen LogP contribution < -0.4 is 15.5 Å². The smallest absolute Gasteiger partial charge is 0.341 e. The maximum Gasteiger partial charge on any atom is 0.341 e. The molecule has 2 aromatic rings. The molecule has 0 atom stereocenters. The number of hydrogen-bond donors (Lipinski definition) is 2. The number of benzene rings is 1. The largest absolute Gasteiger partial charge is 0.370 e. The second-order valence-corrected chi connectivity index (χ2v) is 7.80. The van der Waals surface area contributed by atoms with Crippen molar-refractivity contribution in [2.75, 3.05) is 36.5 Å². The summed E-state index contributed by atoms with van der Waals surface area (Å²) in [6, 6.07) is 8.79. The number of anilines is 2. The number of nitrogens with zero attached hydrogens (tertiary/aromatic N) is 1. The standard InChI is InChI=1S/C18H16ClF2N3O4S/c19-14-6-5-13(29-14)16(26)22-10-18(20,21)17(27)23-11-1-3-12(4-2-11)24-7-8-28-9-15(24)25/h1-6H,7-10H2,(H,22,26)(H,23,27). The number of hydrogen-bond acceptors (Lipinski definition) is 5. The minimum atomic E-state index is -3.82. The van der Waals surface area contributed by atoms with Crippen LogP contribution >= 0.6 is 22.9 Å². The van der Waals surface area contributed by atoms with Crippen molar-refractivity contribution in [2.24, 2.45) is 0 Å². The van der Waals surface area contributed by atoms with E-state index in [1.807, 2.05) is 5.32 Å². The molecule has 0 radical (unpaired) electrons. The first kappa shape index (κ1) is 21.2. The molecule has 2 heterocycles. The molecule has 1 aromatic heterocycles. The van der Waals surface area contributed by atoms with Crippen LogP contribution in [-0.2, 0) is 14.3 Å². The molecule has 0 spiro atoms. The molecular weight excluding hydrogens is 428 g/mol. The number of rotatable bonds is 6. The first-order chi connectivity index (χ1) is 13.8. The molecule has 29 heavy (non-hydrogen) atoms. The van der Waals surface area contributed by atoms with Crippen molar-refractivity contribution in [3.8, 4) is 0 Å². The van der Waals surface area contributed by atoms with E-state index >= 15 is 0 Å². The van der Waals surface area contributed by atoms with Gasteiger partial charge in [0, 0.05) is 17.9 Å². The van der Waals surface area contributed by atoms with Gasteiger partial charge in [-0.15, -0.1) is 11.3 Å². The highest BCUT2D eigenvalue weighted by molar-refractivity contribution is 7.18. The van der Waals surface area contributed by atoms with E-state index in [2.05, 4.69) is 5.32 Å². The van der Waals surface area contributed by atoms with Crippen LogP contribution in [0.5, 0.6) is 0 Å². The Morgan fingerprint density at radius 1 is 1.21 bits per heavy atom. The van der Waals surface area contributed by atoms with Crippen LogP contribution in [-0.4, -0.2) is 49.9 Å². The summed E-state index contributed by atoms with van der Waals surface area (Å²) in [5.74, 6) is -6.33. The van der Waals surface area contributed by atoms with Crippen molar-refractivity contribution < 1.29 is 27.9 Å². The molecule has 2 N–H and O–H groups in total. The quantitative estimate of drug-likeness (QED) is 0.718. The average molecular weight is 444 g/mol. The number of morpholine rings is 1. The van der Waals surface area contributed by atoms with Crippen molar-refractivity contribution in [3.05, 3.63) is 45.6 Å². The minimum absolute atomic E-state index is 0.0197. The van der Waals surface area contributed by atoms with Crippen molar-refractivity contribution in [3.63, 3.8) is 0 Å². The Balaban J connectivity index is 1.56. The van der Waals surface area contributed by atoms with E-state index < -0.39 is 24.3 Å². The number of halogens is 3. The monoisotopic (exact) mass is 443 g/mol. The zero-order valence-corrected chi connectivity index (χ0v) is 16.5. The fourth-order valence-corrected chi connectivity index (χ4v) is 3.49. The molecule has 0 saturated carbocycles. The molecule has 1 saturated heterocycles. The van der Waals surface area contributed by atoms with Crippen LogP contribution in [0.2, 0.25) is 4.34 Å². The van der Waals surface area contributed by atoms with Gasteiger partial charge < -0.3 is 20.3 Å². The fraction of sp³-hybridized carbons (Fsp3) is 0.278. The lowest BCUT2D eigenvalue weighted by molar-refractivity contribution is -0.138. The molecular formula is C18H16ClF2N3O4S. The fourth-order valence-electron chi connectivity index (χ4n) is 2.53. The SMILES string of the molecule is O=C(NCC(F)(F)C(=O)Nc1ccc(N2CCOCC2=O)cc1)c1ccc(Cl)s1. The first-order valence-corrected chi connectivity index (χ1v) is 9.67. The van der Waals surface area contributed by atoms with Gasteiger partial charge in [0.15, 0.2) is 0 Å². The summed E-state index contributed by atoms with van der Waals surface area (Å²) >= 11 is 6.65. The molecule has 3 amide bonds. The van der Waals surface area contributed by atoms with E-state index in [0.29, 0.717) is 23.2 Å². The van der Waals surface area contributed by atoms with Crippen LogP contribution in [0.4, 0.5) is 20.2 Å². The Kier molecular flexibility index (Phi) is 6.46. The first-order valence-electron chi connectivity index (χ1n) is 8.47. The van der Waals surface area contributed by atoms with Crippen LogP contribution in [0.15, 0.2) is 36.4 Å². The second kappa shape index (κ2) is 8.85. The van der Waals surface area contributed by atoms with Gasteiger partial charge in [0.1, 0.15) is 6.61 Å². The third-order valence-corrected chi connectivity index (χ3v) is 5.25. The van der Waals surface area contributed by atoms with Crippen LogP contribution in [0.3, 0.4) is 0 Å². The second-order valence-electron chi connectivity index (χ2n) is 6.09. The van der Waals surface area contributed by atoms with Crippen molar-refractivity contribution >= 4 is 52.0 Å².